The Bertz CT molecular complexity index is 1040. The molecule has 1 N–H and O–H groups in total. The van der Waals surface area contributed by atoms with Crippen molar-refractivity contribution in [2.45, 2.75) is 43.6 Å². The number of benzene rings is 3. The first kappa shape index (κ1) is 22.2. The molecule has 3 aromatic carbocycles. The second-order valence-corrected chi connectivity index (χ2v) is 9.27. The predicted octanol–water partition coefficient (Wildman–Crippen LogP) is 6.09. The molecule has 0 amide bonds. The molecule has 3 heterocycles. The van der Waals surface area contributed by atoms with Crippen LogP contribution in [0.5, 0.6) is 0 Å². The number of rotatable bonds is 6. The molecular weight excluding hydrogens is 421 g/mol. The molecule has 5 heteroatoms. The van der Waals surface area contributed by atoms with Gasteiger partial charge in [0, 0.05) is 24.5 Å². The third kappa shape index (κ3) is 4.71. The lowest BCUT2D eigenvalue weighted by Crippen LogP contribution is -2.64. The average Bonchev–Trinajstić information content (AvgIpc) is 2.85. The normalized spacial score (nSPS) is 25.7. The maximum absolute atomic E-state index is 13.6. The number of nitrogens with one attached hydrogen (secondary N) is 1. The van der Waals surface area contributed by atoms with Crippen LogP contribution >= 0.6 is 0 Å². The van der Waals surface area contributed by atoms with Gasteiger partial charge < -0.3 is 5.32 Å². The molecule has 3 aromatic rings. The average molecular weight is 451 g/mol. The highest BCUT2D eigenvalue weighted by atomic mass is 19.4. The maximum Gasteiger partial charge on any atom is 0.416 e. The number of hydrogen-bond acceptors (Lipinski definition) is 2. The number of halogens is 3. The lowest BCUT2D eigenvalue weighted by Gasteiger charge is -2.54. The summed E-state index contributed by atoms with van der Waals surface area (Å²) in [5.41, 5.74) is 2.45. The van der Waals surface area contributed by atoms with Gasteiger partial charge in [-0.3, -0.25) is 4.90 Å². The van der Waals surface area contributed by atoms with Crippen molar-refractivity contribution in [3.05, 3.63) is 107 Å². The quantitative estimate of drug-likeness (QED) is 0.489. The minimum Gasteiger partial charge on any atom is -0.308 e. The van der Waals surface area contributed by atoms with Crippen LogP contribution in [0.4, 0.5) is 13.2 Å². The van der Waals surface area contributed by atoms with E-state index in [4.69, 9.17) is 0 Å². The zero-order valence-corrected chi connectivity index (χ0v) is 18.5. The molecule has 0 radical (unpaired) electrons. The summed E-state index contributed by atoms with van der Waals surface area (Å²) in [6.07, 6.45) is -2.09. The molecular formula is C28H29F3N2. The second kappa shape index (κ2) is 9.32. The van der Waals surface area contributed by atoms with Crippen LogP contribution in [0.15, 0.2) is 84.9 Å². The molecule has 3 aliphatic rings. The summed E-state index contributed by atoms with van der Waals surface area (Å²) in [7, 11) is 0. The van der Waals surface area contributed by atoms with Crippen LogP contribution in [0.25, 0.3) is 0 Å². The van der Waals surface area contributed by atoms with Gasteiger partial charge in [0.25, 0.3) is 0 Å². The van der Waals surface area contributed by atoms with Gasteiger partial charge in [-0.05, 0) is 54.6 Å². The van der Waals surface area contributed by atoms with E-state index in [9.17, 15) is 13.2 Å². The summed E-state index contributed by atoms with van der Waals surface area (Å²) in [6.45, 7) is 2.76. The molecule has 0 aromatic heterocycles. The summed E-state index contributed by atoms with van der Waals surface area (Å²) in [4.78, 5) is 2.50. The van der Waals surface area contributed by atoms with Crippen LogP contribution in [0, 0.1) is 5.92 Å². The summed E-state index contributed by atoms with van der Waals surface area (Å²) in [5, 5.41) is 3.82. The Balaban J connectivity index is 1.54. The monoisotopic (exact) mass is 450 g/mol. The highest BCUT2D eigenvalue weighted by Crippen LogP contribution is 2.43. The molecule has 0 saturated carbocycles. The van der Waals surface area contributed by atoms with Gasteiger partial charge >= 0.3 is 6.18 Å². The van der Waals surface area contributed by atoms with Crippen molar-refractivity contribution in [1.29, 1.82) is 0 Å². The van der Waals surface area contributed by atoms with E-state index in [1.807, 2.05) is 42.5 Å². The van der Waals surface area contributed by atoms with E-state index < -0.39 is 11.7 Å². The van der Waals surface area contributed by atoms with E-state index in [0.29, 0.717) is 5.92 Å². The zero-order valence-electron chi connectivity index (χ0n) is 18.5. The Morgan fingerprint density at radius 1 is 0.818 bits per heavy atom. The van der Waals surface area contributed by atoms with Crippen LogP contribution in [0.1, 0.15) is 41.0 Å². The molecule has 3 unspecified atom stereocenters. The standard InChI is InChI=1S/C28H29F3N2/c29-28(30,31)24-13-7-12-23(18-24)25(21-10-5-2-6-11-21)27-26(22-14-16-33(27)17-15-22)32-19-20-8-3-1-4-9-20/h1-13,18,22,25-27,32H,14-17,19H2. The SMILES string of the molecule is FC(F)(F)c1cccc(C(c2ccccc2)C2C(NCc3ccccc3)C3CCN2CC3)c1. The highest BCUT2D eigenvalue weighted by molar-refractivity contribution is 5.39. The molecule has 172 valence electrons. The second-order valence-electron chi connectivity index (χ2n) is 9.27. The molecule has 33 heavy (non-hydrogen) atoms. The predicted molar refractivity (Wildman–Crippen MR) is 125 cm³/mol. The first-order valence-corrected chi connectivity index (χ1v) is 11.7. The van der Waals surface area contributed by atoms with Crippen LogP contribution in [-0.2, 0) is 12.7 Å². The summed E-state index contributed by atoms with van der Waals surface area (Å²) < 4.78 is 40.8. The minimum absolute atomic E-state index is 0.104. The zero-order chi connectivity index (χ0) is 22.8. The summed E-state index contributed by atoms with van der Waals surface area (Å²) in [6, 6.07) is 26.6. The molecule has 3 fully saturated rings. The van der Waals surface area contributed by atoms with Crippen molar-refractivity contribution in [2.75, 3.05) is 13.1 Å². The van der Waals surface area contributed by atoms with Crippen molar-refractivity contribution < 1.29 is 13.2 Å². The van der Waals surface area contributed by atoms with E-state index >= 15 is 0 Å². The minimum atomic E-state index is -4.35. The number of nitrogens with zero attached hydrogens (tertiary/aromatic N) is 1. The van der Waals surface area contributed by atoms with Gasteiger partial charge in [-0.1, -0.05) is 78.9 Å². The fraction of sp³-hybridized carbons (Fsp3) is 0.357. The van der Waals surface area contributed by atoms with E-state index in [1.54, 1.807) is 6.07 Å². The van der Waals surface area contributed by atoms with Crippen molar-refractivity contribution in [2.24, 2.45) is 5.92 Å². The lowest BCUT2D eigenvalue weighted by molar-refractivity contribution is -0.137. The van der Waals surface area contributed by atoms with Crippen LogP contribution in [-0.4, -0.2) is 30.1 Å². The highest BCUT2D eigenvalue weighted by Gasteiger charge is 2.46. The van der Waals surface area contributed by atoms with Crippen LogP contribution in [0.3, 0.4) is 0 Å². The molecule has 3 saturated heterocycles. The molecule has 0 aliphatic carbocycles. The van der Waals surface area contributed by atoms with Crippen molar-refractivity contribution in [1.82, 2.24) is 10.2 Å². The number of fused-ring (bicyclic) bond motifs is 3. The Morgan fingerprint density at radius 3 is 2.12 bits per heavy atom. The smallest absolute Gasteiger partial charge is 0.308 e. The Kier molecular flexibility index (Phi) is 6.26. The fourth-order valence-electron chi connectivity index (χ4n) is 5.78. The van der Waals surface area contributed by atoms with Gasteiger partial charge in [0.2, 0.25) is 0 Å². The summed E-state index contributed by atoms with van der Waals surface area (Å²) >= 11 is 0. The Morgan fingerprint density at radius 2 is 1.45 bits per heavy atom. The van der Waals surface area contributed by atoms with Gasteiger partial charge in [-0.2, -0.15) is 13.2 Å². The Hall–Kier alpha value is -2.63. The molecule has 2 bridgehead atoms. The Labute approximate surface area is 193 Å². The lowest BCUT2D eigenvalue weighted by atomic mass is 9.70. The van der Waals surface area contributed by atoms with Gasteiger partial charge in [-0.25, -0.2) is 0 Å². The fourth-order valence-corrected chi connectivity index (χ4v) is 5.78. The molecule has 6 rings (SSSR count). The molecule has 0 spiro atoms. The molecule has 2 nitrogen and oxygen atoms in total. The van der Waals surface area contributed by atoms with E-state index in [2.05, 4.69) is 34.5 Å². The van der Waals surface area contributed by atoms with E-state index in [-0.39, 0.29) is 18.0 Å². The van der Waals surface area contributed by atoms with Gasteiger partial charge in [0.15, 0.2) is 0 Å². The third-order valence-electron chi connectivity index (χ3n) is 7.33. The van der Waals surface area contributed by atoms with Gasteiger partial charge in [-0.15, -0.1) is 0 Å². The number of hydrogen-bond donors (Lipinski definition) is 1. The largest absolute Gasteiger partial charge is 0.416 e. The van der Waals surface area contributed by atoms with Crippen LogP contribution in [0.2, 0.25) is 0 Å². The first-order chi connectivity index (χ1) is 16.0. The van der Waals surface area contributed by atoms with E-state index in [0.717, 1.165) is 43.6 Å². The number of alkyl halides is 3. The maximum atomic E-state index is 13.6. The van der Waals surface area contributed by atoms with Crippen LogP contribution < -0.4 is 5.32 Å². The van der Waals surface area contributed by atoms with Crippen molar-refractivity contribution >= 4 is 0 Å². The first-order valence-electron chi connectivity index (χ1n) is 11.7. The van der Waals surface area contributed by atoms with Crippen molar-refractivity contribution in [3.63, 3.8) is 0 Å². The number of piperidine rings is 3. The van der Waals surface area contributed by atoms with Crippen molar-refractivity contribution in [3.8, 4) is 0 Å². The van der Waals surface area contributed by atoms with E-state index in [1.165, 1.54) is 17.7 Å². The van der Waals surface area contributed by atoms with Gasteiger partial charge in [0.05, 0.1) is 5.56 Å². The molecule has 3 aliphatic heterocycles. The topological polar surface area (TPSA) is 15.3 Å². The van der Waals surface area contributed by atoms with Gasteiger partial charge in [0.1, 0.15) is 0 Å². The third-order valence-corrected chi connectivity index (χ3v) is 7.33. The summed E-state index contributed by atoms with van der Waals surface area (Å²) in [5.74, 6) is 0.394. The molecule has 3 atom stereocenters.